The molecule has 20 nitrogen and oxygen atoms in total. The van der Waals surface area contributed by atoms with Crippen molar-refractivity contribution in [2.75, 3.05) is 19.8 Å². The number of esters is 1. The van der Waals surface area contributed by atoms with Crippen LogP contribution in [0.2, 0.25) is 0 Å². The predicted molar refractivity (Wildman–Crippen MR) is 180 cm³/mol. The molecule has 5 rings (SSSR count). The Morgan fingerprint density at radius 1 is 0.709 bits per heavy atom. The second-order valence-electron chi connectivity index (χ2n) is 13.3. The zero-order valence-electron chi connectivity index (χ0n) is 29.2. The molecule has 0 amide bonds. The number of benzene rings is 2. The van der Waals surface area contributed by atoms with Gasteiger partial charge in [-0.3, -0.25) is 0 Å². The Morgan fingerprint density at radius 2 is 1.40 bits per heavy atom. The van der Waals surface area contributed by atoms with Crippen molar-refractivity contribution < 1.29 is 99.2 Å². The van der Waals surface area contributed by atoms with Crippen LogP contribution in [0.3, 0.4) is 0 Å². The zero-order chi connectivity index (χ0) is 40.1. The summed E-state index contributed by atoms with van der Waals surface area (Å²) in [5.74, 6) is -2.29. The van der Waals surface area contributed by atoms with E-state index >= 15 is 0 Å². The summed E-state index contributed by atoms with van der Waals surface area (Å²) in [5, 5.41) is 122. The van der Waals surface area contributed by atoms with Gasteiger partial charge in [-0.1, -0.05) is 12.1 Å². The Balaban J connectivity index is 1.22. The van der Waals surface area contributed by atoms with Gasteiger partial charge in [0, 0.05) is 6.08 Å². The highest BCUT2D eigenvalue weighted by molar-refractivity contribution is 5.87. The van der Waals surface area contributed by atoms with Gasteiger partial charge in [0.1, 0.15) is 73.8 Å². The molecule has 306 valence electrons. The first kappa shape index (κ1) is 42.4. The molecule has 15 atom stereocenters. The van der Waals surface area contributed by atoms with Gasteiger partial charge in [-0.05, 0) is 54.8 Å². The molecule has 0 spiro atoms. The molecule has 3 fully saturated rings. The molecule has 55 heavy (non-hydrogen) atoms. The number of carbonyl (C=O) groups excluding carboxylic acids is 1. The van der Waals surface area contributed by atoms with Gasteiger partial charge in [0.2, 0.25) is 6.29 Å². The van der Waals surface area contributed by atoms with Gasteiger partial charge in [-0.25, -0.2) is 4.79 Å². The summed E-state index contributed by atoms with van der Waals surface area (Å²) >= 11 is 0. The highest BCUT2D eigenvalue weighted by Crippen LogP contribution is 2.33. The topological polar surface area (TPSA) is 324 Å². The van der Waals surface area contributed by atoms with E-state index in [1.165, 1.54) is 49.4 Å². The number of aromatic hydroxyl groups is 3. The molecule has 3 heterocycles. The number of aliphatic hydroxyl groups excluding tert-OH is 9. The molecule has 0 bridgehead atoms. The average molecular weight is 787 g/mol. The lowest BCUT2D eigenvalue weighted by Gasteiger charge is -2.45. The fraction of sp³-hybridized carbons (Fsp3) is 0.571. The largest absolute Gasteiger partial charge is 0.504 e. The van der Waals surface area contributed by atoms with Crippen LogP contribution in [0.25, 0.3) is 6.08 Å². The highest BCUT2D eigenvalue weighted by Gasteiger charge is 2.51. The van der Waals surface area contributed by atoms with E-state index in [0.29, 0.717) is 5.56 Å². The normalized spacial score (nSPS) is 36.8. The molecule has 0 radical (unpaired) electrons. The Hall–Kier alpha value is -3.71. The first-order valence-electron chi connectivity index (χ1n) is 17.2. The lowest BCUT2D eigenvalue weighted by atomic mass is 9.97. The molecular weight excluding hydrogens is 740 g/mol. The van der Waals surface area contributed by atoms with E-state index in [1.54, 1.807) is 0 Å². The fourth-order valence-corrected chi connectivity index (χ4v) is 6.04. The zero-order valence-corrected chi connectivity index (χ0v) is 29.2. The van der Waals surface area contributed by atoms with Crippen LogP contribution in [0.4, 0.5) is 0 Å². The molecule has 3 saturated heterocycles. The van der Waals surface area contributed by atoms with Crippen LogP contribution in [0.15, 0.2) is 42.5 Å². The third kappa shape index (κ3) is 10.0. The monoisotopic (exact) mass is 786 g/mol. The molecule has 2 aromatic carbocycles. The van der Waals surface area contributed by atoms with Crippen LogP contribution in [-0.2, 0) is 39.6 Å². The van der Waals surface area contributed by atoms with Gasteiger partial charge >= 0.3 is 5.97 Å². The summed E-state index contributed by atoms with van der Waals surface area (Å²) in [7, 11) is 0. The number of hydrogen-bond donors (Lipinski definition) is 12. The first-order chi connectivity index (χ1) is 26.1. The lowest BCUT2D eigenvalue weighted by molar-refractivity contribution is -0.357. The minimum absolute atomic E-state index is 0.117. The van der Waals surface area contributed by atoms with Crippen molar-refractivity contribution in [1.82, 2.24) is 0 Å². The van der Waals surface area contributed by atoms with Gasteiger partial charge in [0.15, 0.2) is 35.6 Å². The quantitative estimate of drug-likeness (QED) is 0.0531. The van der Waals surface area contributed by atoms with Crippen molar-refractivity contribution in [1.29, 1.82) is 0 Å². The smallest absolute Gasteiger partial charge is 0.330 e. The van der Waals surface area contributed by atoms with Crippen LogP contribution >= 0.6 is 0 Å². The number of carbonyl (C=O) groups is 1. The molecule has 0 saturated carbocycles. The number of rotatable bonds is 13. The Kier molecular flexibility index (Phi) is 14.3. The van der Waals surface area contributed by atoms with Crippen molar-refractivity contribution >= 4 is 12.0 Å². The Bertz CT molecular complexity index is 1610. The predicted octanol–water partition coefficient (Wildman–Crippen LogP) is -3.54. The standard InChI is InChI=1S/C35H46O20/c1-14-24(41)27(44)29(46)34(51-14)55-32-26(43)22(54-33(31(32)48)49-9-8-16-2-5-17(37)18(38)10-16)13-50-23(40)7-4-15-3-6-20(19(39)11-15)52-35-30(47)28(45)25(42)21(12-36)53-35/h2-7,10-11,14,21-22,24-39,41-48H,8-9,12-13H2,1H3/b7-4+/t14-,21+,22+,24-,25+,26+,27+,28-,29+,30+,31+,32-,33+,34-,35+/m0/s1. The first-order valence-corrected chi connectivity index (χ1v) is 17.2. The maximum Gasteiger partial charge on any atom is 0.330 e. The van der Waals surface area contributed by atoms with Crippen molar-refractivity contribution in [3.05, 3.63) is 53.6 Å². The van der Waals surface area contributed by atoms with Gasteiger partial charge in [0.05, 0.1) is 19.3 Å². The Morgan fingerprint density at radius 3 is 2.09 bits per heavy atom. The number of phenolic OH excluding ortho intramolecular Hbond substituents is 3. The second-order valence-corrected chi connectivity index (χ2v) is 13.3. The molecule has 2 aromatic rings. The molecule has 3 aliphatic rings. The summed E-state index contributed by atoms with van der Waals surface area (Å²) < 4.78 is 38.6. The summed E-state index contributed by atoms with van der Waals surface area (Å²) in [6, 6.07) is 7.95. The summed E-state index contributed by atoms with van der Waals surface area (Å²) in [6.07, 6.45) is -21.0. The molecule has 3 aliphatic heterocycles. The molecule has 0 aromatic heterocycles. The van der Waals surface area contributed by atoms with Crippen LogP contribution in [0.1, 0.15) is 18.1 Å². The third-order valence-corrected chi connectivity index (χ3v) is 9.33. The van der Waals surface area contributed by atoms with Crippen molar-refractivity contribution in [2.24, 2.45) is 0 Å². The van der Waals surface area contributed by atoms with Crippen molar-refractivity contribution in [3.8, 4) is 23.0 Å². The minimum atomic E-state index is -1.79. The van der Waals surface area contributed by atoms with Gasteiger partial charge in [-0.2, -0.15) is 0 Å². The van der Waals surface area contributed by atoms with E-state index in [9.17, 15) is 66.1 Å². The maximum absolute atomic E-state index is 12.7. The fourth-order valence-electron chi connectivity index (χ4n) is 6.04. The number of aliphatic hydroxyl groups is 9. The van der Waals surface area contributed by atoms with E-state index in [0.717, 1.165) is 6.08 Å². The average Bonchev–Trinajstić information content (AvgIpc) is 3.16. The van der Waals surface area contributed by atoms with E-state index in [1.807, 2.05) is 0 Å². The van der Waals surface area contributed by atoms with Crippen LogP contribution in [0, 0.1) is 0 Å². The van der Waals surface area contributed by atoms with Crippen LogP contribution in [-0.4, -0.2) is 179 Å². The van der Waals surface area contributed by atoms with E-state index in [2.05, 4.69) is 0 Å². The maximum atomic E-state index is 12.7. The van der Waals surface area contributed by atoms with E-state index in [4.69, 9.17) is 33.2 Å². The number of hydrogen-bond acceptors (Lipinski definition) is 20. The summed E-state index contributed by atoms with van der Waals surface area (Å²) in [4.78, 5) is 12.7. The highest BCUT2D eigenvalue weighted by atomic mass is 16.7. The minimum Gasteiger partial charge on any atom is -0.504 e. The molecule has 0 aliphatic carbocycles. The SMILES string of the molecule is C[C@@H]1O[C@@H](O[C@@H]2[C@@H](O)[C@H](OCCc3ccc(O)c(O)c3)O[C@H](COC(=O)/C=C/c3ccc(O[C@@H]4O[C@H](CO)[C@@H](O)[C@H](O)[C@H]4O)c(O)c3)[C@H]2O)[C@H](O)[C@H](O)[C@H]1O. The van der Waals surface area contributed by atoms with Crippen LogP contribution < -0.4 is 4.74 Å². The number of ether oxygens (including phenoxy) is 7. The van der Waals surface area contributed by atoms with Gasteiger partial charge in [-0.15, -0.1) is 0 Å². The van der Waals surface area contributed by atoms with E-state index in [-0.39, 0.29) is 35.8 Å². The lowest BCUT2D eigenvalue weighted by Crippen LogP contribution is -2.64. The van der Waals surface area contributed by atoms with Gasteiger partial charge < -0.3 is 94.4 Å². The molecule has 20 heteroatoms. The van der Waals surface area contributed by atoms with E-state index < -0.39 is 117 Å². The summed E-state index contributed by atoms with van der Waals surface area (Å²) in [5.41, 5.74) is 0.819. The molecule has 0 unspecified atom stereocenters. The van der Waals surface area contributed by atoms with Crippen LogP contribution in [0.5, 0.6) is 23.0 Å². The number of phenols is 3. The molecular formula is C35H46O20. The third-order valence-electron chi connectivity index (χ3n) is 9.33. The van der Waals surface area contributed by atoms with Gasteiger partial charge in [0.25, 0.3) is 0 Å². The molecule has 12 N–H and O–H groups in total. The van der Waals surface area contributed by atoms with Crippen molar-refractivity contribution in [2.45, 2.75) is 105 Å². The Labute approximate surface area is 313 Å². The summed E-state index contributed by atoms with van der Waals surface area (Å²) in [6.45, 7) is -0.0134. The second kappa shape index (κ2) is 18.5. The van der Waals surface area contributed by atoms with Crippen molar-refractivity contribution in [3.63, 3.8) is 0 Å².